The van der Waals surface area contributed by atoms with E-state index in [0.717, 1.165) is 12.1 Å². The van der Waals surface area contributed by atoms with Gasteiger partial charge in [0.05, 0.1) is 15.7 Å². The van der Waals surface area contributed by atoms with Gasteiger partial charge >= 0.3 is 0 Å². The molecule has 0 unspecified atom stereocenters. The quantitative estimate of drug-likeness (QED) is 0.648. The number of rotatable bonds is 4. The predicted octanol–water partition coefficient (Wildman–Crippen LogP) is 5.06. The van der Waals surface area contributed by atoms with E-state index in [1.807, 2.05) is 0 Å². The zero-order chi connectivity index (χ0) is 18.7. The average Bonchev–Trinajstić information content (AvgIpc) is 2.61. The topological polar surface area (TPSA) is 66.9 Å². The number of carbonyl (C=O) groups excluding carboxylic acids is 1. The molecule has 3 aromatic rings. The first-order chi connectivity index (χ1) is 12.4. The van der Waals surface area contributed by atoms with Gasteiger partial charge in [0, 0.05) is 18.0 Å². The molecule has 26 heavy (non-hydrogen) atoms. The van der Waals surface area contributed by atoms with Crippen molar-refractivity contribution < 1.29 is 13.6 Å². The second-order valence-electron chi connectivity index (χ2n) is 5.10. The highest BCUT2D eigenvalue weighted by Gasteiger charge is 2.12. The molecular formula is C17H10Cl2F2N4O. The molecule has 0 saturated heterocycles. The van der Waals surface area contributed by atoms with Crippen molar-refractivity contribution in [1.29, 1.82) is 0 Å². The van der Waals surface area contributed by atoms with Crippen LogP contribution in [0.3, 0.4) is 0 Å². The first-order valence-electron chi connectivity index (χ1n) is 7.24. The maximum atomic E-state index is 13.7. The molecule has 3 rings (SSSR count). The maximum absolute atomic E-state index is 13.7. The first-order valence-corrected chi connectivity index (χ1v) is 7.99. The van der Waals surface area contributed by atoms with Gasteiger partial charge in [-0.1, -0.05) is 23.2 Å². The molecule has 9 heteroatoms. The Morgan fingerprint density at radius 2 is 1.81 bits per heavy atom. The van der Waals surface area contributed by atoms with Gasteiger partial charge in [-0.25, -0.2) is 18.7 Å². The number of nitrogens with one attached hydrogen (secondary N) is 2. The number of nitrogens with zero attached hydrogens (tertiary/aromatic N) is 2. The summed E-state index contributed by atoms with van der Waals surface area (Å²) in [5, 5.41) is 5.86. The van der Waals surface area contributed by atoms with Crippen molar-refractivity contribution in [3.8, 4) is 0 Å². The minimum Gasteiger partial charge on any atom is -0.322 e. The highest BCUT2D eigenvalue weighted by atomic mass is 35.5. The lowest BCUT2D eigenvalue weighted by Crippen LogP contribution is -2.14. The van der Waals surface area contributed by atoms with E-state index in [0.29, 0.717) is 15.7 Å². The standard InChI is InChI=1S/C17H10Cl2F2N4O/c18-11-3-2-10(8-12(11)19)23-16(26)15-5-6-22-17(25-15)24-14-4-1-9(20)7-13(14)21/h1-8H,(H,23,26)(H,22,24,25). The molecule has 5 nitrogen and oxygen atoms in total. The fraction of sp³-hybridized carbons (Fsp3) is 0. The Morgan fingerprint density at radius 1 is 1.00 bits per heavy atom. The molecule has 0 aliphatic carbocycles. The SMILES string of the molecule is O=C(Nc1ccc(Cl)c(Cl)c1)c1ccnc(Nc2ccc(F)cc2F)n1. The third-order valence-electron chi connectivity index (χ3n) is 3.24. The molecule has 0 bridgehead atoms. The molecule has 1 aromatic heterocycles. The van der Waals surface area contributed by atoms with E-state index < -0.39 is 17.5 Å². The average molecular weight is 395 g/mol. The van der Waals surface area contributed by atoms with E-state index in [9.17, 15) is 13.6 Å². The van der Waals surface area contributed by atoms with Crippen LogP contribution >= 0.6 is 23.2 Å². The van der Waals surface area contributed by atoms with Gasteiger partial charge in [-0.2, -0.15) is 0 Å². The maximum Gasteiger partial charge on any atom is 0.274 e. The molecule has 0 aliphatic heterocycles. The van der Waals surface area contributed by atoms with Gasteiger partial charge in [-0.05, 0) is 36.4 Å². The number of hydrogen-bond acceptors (Lipinski definition) is 4. The Bertz CT molecular complexity index is 985. The Labute approximate surface area is 157 Å². The second kappa shape index (κ2) is 7.63. The first kappa shape index (κ1) is 18.0. The van der Waals surface area contributed by atoms with Gasteiger partial charge in [-0.15, -0.1) is 0 Å². The lowest BCUT2D eigenvalue weighted by Gasteiger charge is -2.08. The number of carbonyl (C=O) groups is 1. The van der Waals surface area contributed by atoms with Crippen LogP contribution in [0.2, 0.25) is 10.0 Å². The van der Waals surface area contributed by atoms with E-state index in [4.69, 9.17) is 23.2 Å². The molecule has 0 spiro atoms. The van der Waals surface area contributed by atoms with E-state index in [1.165, 1.54) is 24.4 Å². The summed E-state index contributed by atoms with van der Waals surface area (Å²) in [6.07, 6.45) is 1.33. The van der Waals surface area contributed by atoms with Gasteiger partial charge in [0.2, 0.25) is 5.95 Å². The van der Waals surface area contributed by atoms with Crippen LogP contribution in [-0.2, 0) is 0 Å². The van der Waals surface area contributed by atoms with Crippen LogP contribution in [0.5, 0.6) is 0 Å². The lowest BCUT2D eigenvalue weighted by molar-refractivity contribution is 0.102. The molecule has 1 heterocycles. The van der Waals surface area contributed by atoms with Crippen LogP contribution in [0.1, 0.15) is 10.5 Å². The largest absolute Gasteiger partial charge is 0.322 e. The van der Waals surface area contributed by atoms with Gasteiger partial charge in [0.1, 0.15) is 17.3 Å². The van der Waals surface area contributed by atoms with Crippen LogP contribution in [-0.4, -0.2) is 15.9 Å². The van der Waals surface area contributed by atoms with Crippen LogP contribution in [0.4, 0.5) is 26.1 Å². The molecule has 1 amide bonds. The Morgan fingerprint density at radius 3 is 2.54 bits per heavy atom. The third-order valence-corrected chi connectivity index (χ3v) is 3.98. The number of anilines is 3. The summed E-state index contributed by atoms with van der Waals surface area (Å²) in [5.41, 5.74) is 0.451. The van der Waals surface area contributed by atoms with Crippen molar-refractivity contribution in [3.05, 3.63) is 76.0 Å². The number of amides is 1. The fourth-order valence-corrected chi connectivity index (χ4v) is 2.32. The molecule has 0 aliphatic rings. The molecule has 0 fully saturated rings. The highest BCUT2D eigenvalue weighted by Crippen LogP contribution is 2.25. The highest BCUT2D eigenvalue weighted by molar-refractivity contribution is 6.42. The summed E-state index contributed by atoms with van der Waals surface area (Å²) in [6, 6.07) is 9.03. The smallest absolute Gasteiger partial charge is 0.274 e. The summed E-state index contributed by atoms with van der Waals surface area (Å²) < 4.78 is 26.6. The molecule has 0 radical (unpaired) electrons. The zero-order valence-corrected chi connectivity index (χ0v) is 14.4. The second-order valence-corrected chi connectivity index (χ2v) is 5.91. The fourth-order valence-electron chi connectivity index (χ4n) is 2.03. The molecule has 0 saturated carbocycles. The minimum absolute atomic E-state index is 0.0164. The van der Waals surface area contributed by atoms with Gasteiger partial charge in [-0.3, -0.25) is 4.79 Å². The normalized spacial score (nSPS) is 10.5. The van der Waals surface area contributed by atoms with E-state index in [-0.39, 0.29) is 17.3 Å². The molecular weight excluding hydrogens is 385 g/mol. The summed E-state index contributed by atoms with van der Waals surface area (Å²) in [7, 11) is 0. The van der Waals surface area contributed by atoms with Crippen LogP contribution in [0, 0.1) is 11.6 Å². The van der Waals surface area contributed by atoms with Crippen LogP contribution in [0.25, 0.3) is 0 Å². The van der Waals surface area contributed by atoms with Crippen molar-refractivity contribution in [1.82, 2.24) is 9.97 Å². The predicted molar refractivity (Wildman–Crippen MR) is 96.1 cm³/mol. The molecule has 2 aromatic carbocycles. The summed E-state index contributed by atoms with van der Waals surface area (Å²) >= 11 is 11.7. The van der Waals surface area contributed by atoms with Crippen molar-refractivity contribution in [2.24, 2.45) is 0 Å². The number of benzene rings is 2. The summed E-state index contributed by atoms with van der Waals surface area (Å²) in [6.45, 7) is 0. The third kappa shape index (κ3) is 4.25. The van der Waals surface area contributed by atoms with Gasteiger partial charge in [0.25, 0.3) is 5.91 Å². The van der Waals surface area contributed by atoms with Crippen molar-refractivity contribution in [2.45, 2.75) is 0 Å². The molecule has 2 N–H and O–H groups in total. The van der Waals surface area contributed by atoms with Gasteiger partial charge < -0.3 is 10.6 Å². The summed E-state index contributed by atoms with van der Waals surface area (Å²) in [5.74, 6) is -2.05. The van der Waals surface area contributed by atoms with Crippen LogP contribution < -0.4 is 10.6 Å². The Balaban J connectivity index is 1.77. The van der Waals surface area contributed by atoms with E-state index >= 15 is 0 Å². The monoisotopic (exact) mass is 394 g/mol. The molecule has 132 valence electrons. The van der Waals surface area contributed by atoms with Gasteiger partial charge in [0.15, 0.2) is 0 Å². The van der Waals surface area contributed by atoms with Crippen molar-refractivity contribution in [3.63, 3.8) is 0 Å². The number of hydrogen-bond donors (Lipinski definition) is 2. The van der Waals surface area contributed by atoms with E-state index in [2.05, 4.69) is 20.6 Å². The van der Waals surface area contributed by atoms with E-state index in [1.54, 1.807) is 12.1 Å². The Hall–Kier alpha value is -2.77. The lowest BCUT2D eigenvalue weighted by atomic mass is 10.3. The Kier molecular flexibility index (Phi) is 5.29. The van der Waals surface area contributed by atoms with Crippen molar-refractivity contribution >= 4 is 46.4 Å². The number of aromatic nitrogens is 2. The minimum atomic E-state index is -0.806. The summed E-state index contributed by atoms with van der Waals surface area (Å²) in [4.78, 5) is 20.2. The number of halogens is 4. The zero-order valence-electron chi connectivity index (χ0n) is 12.9. The van der Waals surface area contributed by atoms with Crippen molar-refractivity contribution in [2.75, 3.05) is 10.6 Å². The van der Waals surface area contributed by atoms with Crippen LogP contribution in [0.15, 0.2) is 48.7 Å². The molecule has 0 atom stereocenters.